The maximum absolute atomic E-state index is 13.5. The van der Waals surface area contributed by atoms with Gasteiger partial charge in [0.1, 0.15) is 23.0 Å². The van der Waals surface area contributed by atoms with E-state index in [1.54, 1.807) is 0 Å². The van der Waals surface area contributed by atoms with Crippen molar-refractivity contribution in [1.29, 1.82) is 0 Å². The summed E-state index contributed by atoms with van der Waals surface area (Å²) in [5.74, 6) is -3.75. The van der Waals surface area contributed by atoms with E-state index in [-0.39, 0.29) is 17.8 Å². The van der Waals surface area contributed by atoms with Gasteiger partial charge >= 0.3 is 5.97 Å². The summed E-state index contributed by atoms with van der Waals surface area (Å²) in [6.45, 7) is -0.0997. The number of aromatic carboxylic acids is 1. The summed E-state index contributed by atoms with van der Waals surface area (Å²) < 4.78 is 39.5. The normalized spacial score (nSPS) is 10.4. The first-order valence-corrected chi connectivity index (χ1v) is 5.89. The molecular formula is C14H11F3N2O2. The average molecular weight is 296 g/mol. The lowest BCUT2D eigenvalue weighted by atomic mass is 10.1. The number of nitrogens with two attached hydrogens (primary N) is 1. The molecule has 7 heteroatoms. The zero-order chi connectivity index (χ0) is 15.6. The second-order valence-electron chi connectivity index (χ2n) is 4.28. The number of hydrogen-bond acceptors (Lipinski definition) is 3. The van der Waals surface area contributed by atoms with Crippen LogP contribution >= 0.6 is 0 Å². The number of carboxylic acid groups (broad SMARTS) is 1. The molecule has 0 aliphatic rings. The van der Waals surface area contributed by atoms with Crippen molar-refractivity contribution >= 4 is 17.3 Å². The molecule has 0 saturated heterocycles. The molecule has 21 heavy (non-hydrogen) atoms. The number of carboxylic acids is 1. The number of carbonyl (C=O) groups is 1. The van der Waals surface area contributed by atoms with E-state index in [2.05, 4.69) is 5.32 Å². The highest BCUT2D eigenvalue weighted by Crippen LogP contribution is 2.25. The van der Waals surface area contributed by atoms with Crippen molar-refractivity contribution in [2.75, 3.05) is 11.1 Å². The summed E-state index contributed by atoms with van der Waals surface area (Å²) in [6.07, 6.45) is 0. The average Bonchev–Trinajstić information content (AvgIpc) is 2.41. The predicted octanol–water partition coefficient (Wildman–Crippen LogP) is 3.00. The summed E-state index contributed by atoms with van der Waals surface area (Å²) in [4.78, 5) is 11.1. The number of halogens is 3. The summed E-state index contributed by atoms with van der Waals surface area (Å²) in [5.41, 5.74) is 4.62. The number of anilines is 2. The van der Waals surface area contributed by atoms with E-state index >= 15 is 0 Å². The number of nitrogen functional groups attached to an aromatic ring is 1. The minimum Gasteiger partial charge on any atom is -0.478 e. The number of hydrogen-bond donors (Lipinski definition) is 3. The molecule has 4 nitrogen and oxygen atoms in total. The molecule has 0 amide bonds. The lowest BCUT2D eigenvalue weighted by molar-refractivity contribution is 0.0698. The smallest absolute Gasteiger partial charge is 0.340 e. The van der Waals surface area contributed by atoms with Gasteiger partial charge in [-0.25, -0.2) is 18.0 Å². The minimum atomic E-state index is -1.41. The van der Waals surface area contributed by atoms with Gasteiger partial charge in [-0.15, -0.1) is 0 Å². The molecule has 2 aromatic rings. The highest BCUT2D eigenvalue weighted by Gasteiger charge is 2.17. The maximum Gasteiger partial charge on any atom is 0.340 e. The van der Waals surface area contributed by atoms with Crippen LogP contribution in [0.25, 0.3) is 0 Å². The third kappa shape index (κ3) is 3.07. The summed E-state index contributed by atoms with van der Waals surface area (Å²) in [7, 11) is 0. The Balaban J connectivity index is 2.28. The van der Waals surface area contributed by atoms with Crippen LogP contribution in [0.3, 0.4) is 0 Å². The van der Waals surface area contributed by atoms with E-state index in [4.69, 9.17) is 10.8 Å². The first kappa shape index (κ1) is 14.7. The highest BCUT2D eigenvalue weighted by molar-refractivity contribution is 6.00. The number of nitrogens with one attached hydrogen (secondary N) is 1. The summed E-state index contributed by atoms with van der Waals surface area (Å²) >= 11 is 0. The van der Waals surface area contributed by atoms with Crippen molar-refractivity contribution in [1.82, 2.24) is 0 Å². The Hall–Kier alpha value is -2.70. The monoisotopic (exact) mass is 296 g/mol. The Labute approximate surface area is 118 Å². The van der Waals surface area contributed by atoms with E-state index in [9.17, 15) is 18.0 Å². The summed E-state index contributed by atoms with van der Waals surface area (Å²) in [6, 6.07) is 5.22. The molecule has 2 rings (SSSR count). The topological polar surface area (TPSA) is 75.3 Å². The van der Waals surface area contributed by atoms with Crippen LogP contribution in [0.2, 0.25) is 0 Å². The SMILES string of the molecule is Nc1c(F)ccc(NCc2ccc(F)cc2F)c1C(=O)O. The van der Waals surface area contributed by atoms with E-state index in [0.717, 1.165) is 12.1 Å². The standard InChI is InChI=1S/C14H11F3N2O2/c15-8-2-1-7(10(17)5-8)6-19-11-4-3-9(16)13(18)12(11)14(20)21/h1-5,19H,6,18H2,(H,20,21). The molecule has 0 fully saturated rings. The number of benzene rings is 2. The van der Waals surface area contributed by atoms with Crippen LogP contribution < -0.4 is 11.1 Å². The van der Waals surface area contributed by atoms with Crippen molar-refractivity contribution < 1.29 is 23.1 Å². The molecule has 0 aromatic heterocycles. The van der Waals surface area contributed by atoms with Gasteiger partial charge in [0.15, 0.2) is 0 Å². The third-order valence-electron chi connectivity index (χ3n) is 2.89. The Morgan fingerprint density at radius 1 is 1.14 bits per heavy atom. The molecule has 2 aromatic carbocycles. The zero-order valence-electron chi connectivity index (χ0n) is 10.7. The quantitative estimate of drug-likeness (QED) is 0.758. The van der Waals surface area contributed by atoms with Crippen molar-refractivity contribution in [2.45, 2.75) is 6.54 Å². The van der Waals surface area contributed by atoms with Crippen LogP contribution in [0.5, 0.6) is 0 Å². The van der Waals surface area contributed by atoms with E-state index in [1.807, 2.05) is 0 Å². The largest absolute Gasteiger partial charge is 0.478 e. The van der Waals surface area contributed by atoms with Gasteiger partial charge in [0.05, 0.1) is 11.4 Å². The van der Waals surface area contributed by atoms with Gasteiger partial charge in [-0.1, -0.05) is 6.07 Å². The molecule has 0 unspecified atom stereocenters. The molecule has 0 atom stereocenters. The lowest BCUT2D eigenvalue weighted by Crippen LogP contribution is -2.11. The van der Waals surface area contributed by atoms with Crippen molar-refractivity contribution in [3.63, 3.8) is 0 Å². The molecule has 0 heterocycles. The van der Waals surface area contributed by atoms with Crippen molar-refractivity contribution in [2.24, 2.45) is 0 Å². The summed E-state index contributed by atoms with van der Waals surface area (Å²) in [5, 5.41) is 11.7. The first-order chi connectivity index (χ1) is 9.90. The highest BCUT2D eigenvalue weighted by atomic mass is 19.1. The molecule has 0 saturated carbocycles. The fourth-order valence-corrected chi connectivity index (χ4v) is 1.83. The van der Waals surface area contributed by atoms with Gasteiger partial charge in [0.2, 0.25) is 0 Å². The van der Waals surface area contributed by atoms with Crippen molar-refractivity contribution in [3.8, 4) is 0 Å². The first-order valence-electron chi connectivity index (χ1n) is 5.89. The minimum absolute atomic E-state index is 0.0464. The van der Waals surface area contributed by atoms with E-state index < -0.39 is 34.7 Å². The second-order valence-corrected chi connectivity index (χ2v) is 4.28. The van der Waals surface area contributed by atoms with Crippen LogP contribution in [-0.2, 0) is 6.54 Å². The molecular weight excluding hydrogens is 285 g/mol. The van der Waals surface area contributed by atoms with Crippen molar-refractivity contribution in [3.05, 3.63) is 58.9 Å². The predicted molar refractivity (Wildman–Crippen MR) is 71.5 cm³/mol. The number of rotatable bonds is 4. The van der Waals surface area contributed by atoms with E-state index in [0.29, 0.717) is 6.07 Å². The molecule has 4 N–H and O–H groups in total. The zero-order valence-corrected chi connectivity index (χ0v) is 10.7. The Kier molecular flexibility index (Phi) is 4.02. The lowest BCUT2D eigenvalue weighted by Gasteiger charge is -2.12. The van der Waals surface area contributed by atoms with Gasteiger partial charge in [-0.05, 0) is 18.2 Å². The maximum atomic E-state index is 13.5. The van der Waals surface area contributed by atoms with Crippen LogP contribution in [0.4, 0.5) is 24.5 Å². The molecule has 0 aliphatic heterocycles. The molecule has 110 valence electrons. The third-order valence-corrected chi connectivity index (χ3v) is 2.89. The molecule has 0 aliphatic carbocycles. The fourth-order valence-electron chi connectivity index (χ4n) is 1.83. The van der Waals surface area contributed by atoms with Gasteiger partial charge < -0.3 is 16.2 Å². The van der Waals surface area contributed by atoms with Crippen LogP contribution in [0.15, 0.2) is 30.3 Å². The Bertz CT molecular complexity index is 705. The Morgan fingerprint density at radius 3 is 2.48 bits per heavy atom. The van der Waals surface area contributed by atoms with Gasteiger partial charge in [0.25, 0.3) is 0 Å². The fraction of sp³-hybridized carbons (Fsp3) is 0.0714. The van der Waals surface area contributed by atoms with Crippen LogP contribution in [0.1, 0.15) is 15.9 Å². The molecule has 0 spiro atoms. The molecule has 0 bridgehead atoms. The van der Waals surface area contributed by atoms with Gasteiger partial charge in [-0.3, -0.25) is 0 Å². The Morgan fingerprint density at radius 2 is 1.86 bits per heavy atom. The second kappa shape index (κ2) is 5.74. The van der Waals surface area contributed by atoms with E-state index in [1.165, 1.54) is 12.1 Å². The van der Waals surface area contributed by atoms with Crippen LogP contribution in [0, 0.1) is 17.5 Å². The van der Waals surface area contributed by atoms with Gasteiger partial charge in [0, 0.05) is 18.2 Å². The molecule has 0 radical (unpaired) electrons. The van der Waals surface area contributed by atoms with Gasteiger partial charge in [-0.2, -0.15) is 0 Å². The van der Waals surface area contributed by atoms with Crippen LogP contribution in [-0.4, -0.2) is 11.1 Å².